The lowest BCUT2D eigenvalue weighted by molar-refractivity contribution is 0.0529. The number of carbonyl (C=O) groups is 2. The first kappa shape index (κ1) is 22.4. The molecule has 3 aromatic rings. The number of esters is 1. The normalized spacial score (nSPS) is 10.5. The zero-order valence-electron chi connectivity index (χ0n) is 18.2. The van der Waals surface area contributed by atoms with Crippen LogP contribution in [0.4, 0.5) is 5.00 Å². The molecule has 0 aliphatic carbocycles. The van der Waals surface area contributed by atoms with Crippen LogP contribution in [0.1, 0.15) is 38.1 Å². The SMILES string of the molecule is CCOC(=O)c1c(NC(=O)c2ccc(C)cc2)sc(C)c1-c1ccc(OC)c(OC)c1. The maximum atomic E-state index is 12.9. The van der Waals surface area contributed by atoms with Crippen LogP contribution < -0.4 is 14.8 Å². The molecule has 0 atom stereocenters. The first-order chi connectivity index (χ1) is 14.9. The molecule has 1 aromatic heterocycles. The van der Waals surface area contributed by atoms with Gasteiger partial charge in [0.2, 0.25) is 0 Å². The van der Waals surface area contributed by atoms with E-state index >= 15 is 0 Å². The summed E-state index contributed by atoms with van der Waals surface area (Å²) in [6, 6.07) is 12.7. The Balaban J connectivity index is 2.08. The van der Waals surface area contributed by atoms with Gasteiger partial charge in [-0.2, -0.15) is 0 Å². The molecule has 1 heterocycles. The zero-order valence-corrected chi connectivity index (χ0v) is 19.0. The summed E-state index contributed by atoms with van der Waals surface area (Å²) < 4.78 is 16.0. The number of anilines is 1. The third-order valence-electron chi connectivity index (χ3n) is 4.78. The first-order valence-corrected chi connectivity index (χ1v) is 10.6. The number of thiophene rings is 1. The van der Waals surface area contributed by atoms with Gasteiger partial charge < -0.3 is 19.5 Å². The number of aryl methyl sites for hydroxylation is 2. The molecule has 162 valence electrons. The minimum Gasteiger partial charge on any atom is -0.493 e. The largest absolute Gasteiger partial charge is 0.493 e. The first-order valence-electron chi connectivity index (χ1n) is 9.80. The Morgan fingerprint density at radius 1 is 0.968 bits per heavy atom. The molecule has 31 heavy (non-hydrogen) atoms. The predicted molar refractivity (Wildman–Crippen MR) is 123 cm³/mol. The van der Waals surface area contributed by atoms with E-state index in [0.717, 1.165) is 16.0 Å². The predicted octanol–water partition coefficient (Wildman–Crippen LogP) is 5.48. The zero-order chi connectivity index (χ0) is 22.5. The van der Waals surface area contributed by atoms with E-state index in [9.17, 15) is 9.59 Å². The van der Waals surface area contributed by atoms with E-state index in [2.05, 4.69) is 5.32 Å². The van der Waals surface area contributed by atoms with Crippen LogP contribution in [0.2, 0.25) is 0 Å². The molecule has 0 saturated heterocycles. The van der Waals surface area contributed by atoms with Crippen LogP contribution in [0.15, 0.2) is 42.5 Å². The second-order valence-corrected chi connectivity index (χ2v) is 8.07. The average molecular weight is 440 g/mol. The van der Waals surface area contributed by atoms with Gasteiger partial charge in [0, 0.05) is 16.0 Å². The molecular formula is C24H25NO5S. The van der Waals surface area contributed by atoms with Crippen molar-refractivity contribution >= 4 is 28.2 Å². The standard InChI is InChI=1S/C24H25NO5S/c1-6-30-24(27)21-20(17-11-12-18(28-4)19(13-17)29-5)15(3)31-23(21)25-22(26)16-9-7-14(2)8-10-16/h7-13H,6H2,1-5H3,(H,25,26). The Kier molecular flexibility index (Phi) is 6.97. The van der Waals surface area contributed by atoms with Gasteiger partial charge in [-0.15, -0.1) is 11.3 Å². The van der Waals surface area contributed by atoms with Gasteiger partial charge in [0.15, 0.2) is 11.5 Å². The lowest BCUT2D eigenvalue weighted by atomic mass is 10.0. The van der Waals surface area contributed by atoms with E-state index in [4.69, 9.17) is 14.2 Å². The fraction of sp³-hybridized carbons (Fsp3) is 0.250. The summed E-state index contributed by atoms with van der Waals surface area (Å²) in [5.74, 6) is 0.358. The molecule has 1 amide bonds. The molecule has 0 bridgehead atoms. The second kappa shape index (κ2) is 9.66. The van der Waals surface area contributed by atoms with Crippen LogP contribution in [-0.2, 0) is 4.74 Å². The Labute approximate surface area is 185 Å². The van der Waals surface area contributed by atoms with Gasteiger partial charge in [-0.1, -0.05) is 23.8 Å². The van der Waals surface area contributed by atoms with Crippen LogP contribution >= 0.6 is 11.3 Å². The third-order valence-corrected chi connectivity index (χ3v) is 5.80. The number of benzene rings is 2. The molecule has 0 aliphatic rings. The lowest BCUT2D eigenvalue weighted by Gasteiger charge is -2.12. The van der Waals surface area contributed by atoms with Gasteiger partial charge in [-0.25, -0.2) is 4.79 Å². The number of methoxy groups -OCH3 is 2. The summed E-state index contributed by atoms with van der Waals surface area (Å²) in [5, 5.41) is 3.34. The van der Waals surface area contributed by atoms with E-state index < -0.39 is 5.97 Å². The summed E-state index contributed by atoms with van der Waals surface area (Å²) in [5.41, 5.74) is 3.37. The number of rotatable bonds is 7. The molecule has 6 nitrogen and oxygen atoms in total. The van der Waals surface area contributed by atoms with Gasteiger partial charge in [-0.3, -0.25) is 4.79 Å². The number of amides is 1. The maximum Gasteiger partial charge on any atom is 0.341 e. The van der Waals surface area contributed by atoms with E-state index in [-0.39, 0.29) is 12.5 Å². The number of carbonyl (C=O) groups excluding carboxylic acids is 2. The molecule has 3 rings (SSSR count). The molecule has 0 radical (unpaired) electrons. The van der Waals surface area contributed by atoms with Gasteiger partial charge in [0.1, 0.15) is 10.6 Å². The van der Waals surface area contributed by atoms with Crippen molar-refractivity contribution < 1.29 is 23.8 Å². The van der Waals surface area contributed by atoms with Gasteiger partial charge in [0.05, 0.1) is 20.8 Å². The maximum absolute atomic E-state index is 12.9. The topological polar surface area (TPSA) is 73.9 Å². The smallest absolute Gasteiger partial charge is 0.341 e. The molecule has 0 aliphatic heterocycles. The monoisotopic (exact) mass is 439 g/mol. The summed E-state index contributed by atoms with van der Waals surface area (Å²) in [7, 11) is 3.12. The minimum atomic E-state index is -0.490. The van der Waals surface area contributed by atoms with Crippen LogP contribution in [0, 0.1) is 13.8 Å². The Hall–Kier alpha value is -3.32. The highest BCUT2D eigenvalue weighted by Crippen LogP contribution is 2.43. The van der Waals surface area contributed by atoms with Crippen LogP contribution in [0.3, 0.4) is 0 Å². The van der Waals surface area contributed by atoms with Crippen molar-refractivity contribution in [2.75, 3.05) is 26.1 Å². The van der Waals surface area contributed by atoms with Gasteiger partial charge in [-0.05, 0) is 50.6 Å². The summed E-state index contributed by atoms with van der Waals surface area (Å²) in [6.45, 7) is 5.84. The fourth-order valence-corrected chi connectivity index (χ4v) is 4.31. The highest BCUT2D eigenvalue weighted by molar-refractivity contribution is 7.17. The number of nitrogens with one attached hydrogen (secondary N) is 1. The highest BCUT2D eigenvalue weighted by Gasteiger charge is 2.26. The molecule has 0 unspecified atom stereocenters. The van der Waals surface area contributed by atoms with Crippen molar-refractivity contribution in [3.8, 4) is 22.6 Å². The Morgan fingerprint density at radius 3 is 2.26 bits per heavy atom. The van der Waals surface area contributed by atoms with E-state index in [1.807, 2.05) is 38.1 Å². The van der Waals surface area contributed by atoms with Crippen LogP contribution in [0.5, 0.6) is 11.5 Å². The van der Waals surface area contributed by atoms with Crippen molar-refractivity contribution in [3.05, 3.63) is 64.0 Å². The fourth-order valence-electron chi connectivity index (χ4n) is 3.25. The van der Waals surface area contributed by atoms with Crippen molar-refractivity contribution in [2.24, 2.45) is 0 Å². The number of hydrogen-bond donors (Lipinski definition) is 1. The van der Waals surface area contributed by atoms with Crippen molar-refractivity contribution in [3.63, 3.8) is 0 Å². The highest BCUT2D eigenvalue weighted by atomic mass is 32.1. The minimum absolute atomic E-state index is 0.227. The third kappa shape index (κ3) is 4.72. The van der Waals surface area contributed by atoms with Gasteiger partial charge >= 0.3 is 5.97 Å². The summed E-state index contributed by atoms with van der Waals surface area (Å²) in [6.07, 6.45) is 0. The van der Waals surface area contributed by atoms with E-state index in [1.54, 1.807) is 39.3 Å². The van der Waals surface area contributed by atoms with Crippen molar-refractivity contribution in [1.82, 2.24) is 0 Å². The van der Waals surface area contributed by atoms with Crippen molar-refractivity contribution in [1.29, 1.82) is 0 Å². The lowest BCUT2D eigenvalue weighted by Crippen LogP contribution is -2.14. The van der Waals surface area contributed by atoms with E-state index in [0.29, 0.717) is 33.2 Å². The van der Waals surface area contributed by atoms with Crippen molar-refractivity contribution in [2.45, 2.75) is 20.8 Å². The summed E-state index contributed by atoms with van der Waals surface area (Å²) >= 11 is 1.33. The summed E-state index contributed by atoms with van der Waals surface area (Å²) in [4.78, 5) is 26.6. The molecule has 0 fully saturated rings. The molecule has 0 spiro atoms. The quantitative estimate of drug-likeness (QED) is 0.494. The number of hydrogen-bond acceptors (Lipinski definition) is 6. The van der Waals surface area contributed by atoms with Gasteiger partial charge in [0.25, 0.3) is 5.91 Å². The Bertz CT molecular complexity index is 1100. The molecule has 1 N–H and O–H groups in total. The van der Waals surface area contributed by atoms with Crippen LogP contribution in [-0.4, -0.2) is 32.7 Å². The molecule has 0 saturated carbocycles. The van der Waals surface area contributed by atoms with Crippen LogP contribution in [0.25, 0.3) is 11.1 Å². The second-order valence-electron chi connectivity index (χ2n) is 6.85. The average Bonchev–Trinajstić information content (AvgIpc) is 3.09. The number of ether oxygens (including phenoxy) is 3. The molecule has 2 aromatic carbocycles. The van der Waals surface area contributed by atoms with E-state index in [1.165, 1.54) is 11.3 Å². The Morgan fingerprint density at radius 2 is 1.65 bits per heavy atom. The molecule has 7 heteroatoms. The molecular weight excluding hydrogens is 414 g/mol.